The van der Waals surface area contributed by atoms with E-state index < -0.39 is 0 Å². The number of carbonyl (C=O) groups is 1. The van der Waals surface area contributed by atoms with Gasteiger partial charge in [0, 0.05) is 11.0 Å². The molecule has 0 N–H and O–H groups in total. The monoisotopic (exact) mass is 329 g/mol. The van der Waals surface area contributed by atoms with Crippen LogP contribution in [0.5, 0.6) is 11.5 Å². The van der Waals surface area contributed by atoms with Crippen molar-refractivity contribution >= 4 is 22.0 Å². The Bertz CT molecular complexity index is 478. The van der Waals surface area contributed by atoms with E-state index in [1.807, 2.05) is 12.1 Å². The van der Waals surface area contributed by atoms with Crippen LogP contribution in [0.15, 0.2) is 16.6 Å². The Labute approximate surface area is 120 Å². The summed E-state index contributed by atoms with van der Waals surface area (Å²) in [6, 6.07) is 3.79. The Morgan fingerprint density at radius 1 is 1.32 bits per heavy atom. The first kappa shape index (κ1) is 14.0. The van der Waals surface area contributed by atoms with E-state index in [1.165, 1.54) is 0 Å². The van der Waals surface area contributed by atoms with E-state index in [0.717, 1.165) is 16.5 Å². The van der Waals surface area contributed by atoms with Gasteiger partial charge in [0.1, 0.15) is 6.61 Å². The minimum absolute atomic E-state index is 0.239. The molecule has 1 aliphatic heterocycles. The van der Waals surface area contributed by atoms with Crippen LogP contribution in [0.2, 0.25) is 0 Å². The van der Waals surface area contributed by atoms with Gasteiger partial charge in [-0.15, -0.1) is 0 Å². The number of hydrogen-bond acceptors (Lipinski definition) is 4. The summed E-state index contributed by atoms with van der Waals surface area (Å²) < 4.78 is 16.3. The number of carbonyl (C=O) groups excluding carboxylic acids is 1. The molecule has 1 aromatic rings. The molecule has 19 heavy (non-hydrogen) atoms. The molecule has 0 radical (unpaired) electrons. The SMILES string of the molecule is COc1cc(Br)c(CCN2CCOC2=O)cc1OC. The lowest BCUT2D eigenvalue weighted by Crippen LogP contribution is -2.26. The summed E-state index contributed by atoms with van der Waals surface area (Å²) in [5.41, 5.74) is 1.07. The number of benzene rings is 1. The molecule has 0 saturated carbocycles. The van der Waals surface area contributed by atoms with E-state index in [1.54, 1.807) is 19.1 Å². The van der Waals surface area contributed by atoms with Crippen LogP contribution in [-0.2, 0) is 11.2 Å². The third kappa shape index (κ3) is 3.12. The van der Waals surface area contributed by atoms with Gasteiger partial charge in [0.05, 0.1) is 20.8 Å². The highest BCUT2D eigenvalue weighted by Gasteiger charge is 2.21. The minimum Gasteiger partial charge on any atom is -0.493 e. The molecule has 1 aromatic carbocycles. The summed E-state index contributed by atoms with van der Waals surface area (Å²) in [5.74, 6) is 1.36. The number of hydrogen-bond donors (Lipinski definition) is 0. The van der Waals surface area contributed by atoms with Gasteiger partial charge >= 0.3 is 6.09 Å². The maximum absolute atomic E-state index is 11.4. The zero-order valence-electron chi connectivity index (χ0n) is 10.9. The molecule has 0 spiro atoms. The van der Waals surface area contributed by atoms with Gasteiger partial charge in [-0.1, -0.05) is 15.9 Å². The lowest BCUT2D eigenvalue weighted by Gasteiger charge is -2.15. The molecule has 104 valence electrons. The number of cyclic esters (lactones) is 1. The fourth-order valence-corrected chi connectivity index (χ4v) is 2.49. The highest BCUT2D eigenvalue weighted by atomic mass is 79.9. The maximum Gasteiger partial charge on any atom is 0.409 e. The molecule has 6 heteroatoms. The summed E-state index contributed by atoms with van der Waals surface area (Å²) in [6.07, 6.45) is 0.493. The predicted octanol–water partition coefficient (Wildman–Crippen LogP) is 2.46. The van der Waals surface area contributed by atoms with Crippen LogP contribution >= 0.6 is 15.9 Å². The summed E-state index contributed by atoms with van der Waals surface area (Å²) in [5, 5.41) is 0. The molecule has 1 saturated heterocycles. The van der Waals surface area contributed by atoms with Crippen LogP contribution in [0.4, 0.5) is 4.79 Å². The summed E-state index contributed by atoms with van der Waals surface area (Å²) in [4.78, 5) is 13.0. The number of halogens is 1. The van der Waals surface area contributed by atoms with Gasteiger partial charge in [0.15, 0.2) is 11.5 Å². The average Bonchev–Trinajstić information content (AvgIpc) is 2.82. The van der Waals surface area contributed by atoms with Crippen molar-refractivity contribution in [3.8, 4) is 11.5 Å². The first-order valence-corrected chi connectivity index (χ1v) is 6.77. The molecule has 0 bridgehead atoms. The van der Waals surface area contributed by atoms with E-state index in [0.29, 0.717) is 31.2 Å². The topological polar surface area (TPSA) is 48.0 Å². The number of rotatable bonds is 5. The van der Waals surface area contributed by atoms with Crippen molar-refractivity contribution in [2.24, 2.45) is 0 Å². The first-order valence-electron chi connectivity index (χ1n) is 5.97. The molecular formula is C13H16BrNO4. The number of methoxy groups -OCH3 is 2. The fourth-order valence-electron chi connectivity index (χ4n) is 1.97. The minimum atomic E-state index is -0.239. The first-order chi connectivity index (χ1) is 9.15. The highest BCUT2D eigenvalue weighted by molar-refractivity contribution is 9.10. The predicted molar refractivity (Wildman–Crippen MR) is 73.9 cm³/mol. The van der Waals surface area contributed by atoms with E-state index in [9.17, 15) is 4.79 Å². The van der Waals surface area contributed by atoms with Gasteiger partial charge < -0.3 is 19.1 Å². The summed E-state index contributed by atoms with van der Waals surface area (Å²) in [6.45, 7) is 1.77. The Morgan fingerprint density at radius 3 is 2.58 bits per heavy atom. The Morgan fingerprint density at radius 2 is 2.00 bits per heavy atom. The molecule has 1 amide bonds. The van der Waals surface area contributed by atoms with Crippen LogP contribution in [-0.4, -0.2) is 44.9 Å². The lowest BCUT2D eigenvalue weighted by atomic mass is 10.1. The molecule has 1 heterocycles. The van der Waals surface area contributed by atoms with Crippen LogP contribution in [0, 0.1) is 0 Å². The number of amides is 1. The Balaban J connectivity index is 2.09. The molecule has 5 nitrogen and oxygen atoms in total. The van der Waals surface area contributed by atoms with Crippen molar-refractivity contribution in [1.82, 2.24) is 4.90 Å². The Kier molecular flexibility index (Phi) is 4.52. The zero-order chi connectivity index (χ0) is 13.8. The third-order valence-corrected chi connectivity index (χ3v) is 3.79. The van der Waals surface area contributed by atoms with Crippen LogP contribution in [0.3, 0.4) is 0 Å². The smallest absolute Gasteiger partial charge is 0.409 e. The molecule has 0 unspecified atom stereocenters. The van der Waals surface area contributed by atoms with Crippen molar-refractivity contribution < 1.29 is 19.0 Å². The number of nitrogens with zero attached hydrogens (tertiary/aromatic N) is 1. The largest absolute Gasteiger partial charge is 0.493 e. The van der Waals surface area contributed by atoms with Gasteiger partial charge in [-0.05, 0) is 24.1 Å². The van der Waals surface area contributed by atoms with E-state index in [-0.39, 0.29) is 6.09 Å². The average molecular weight is 330 g/mol. The summed E-state index contributed by atoms with van der Waals surface area (Å²) in [7, 11) is 3.21. The fraction of sp³-hybridized carbons (Fsp3) is 0.462. The van der Waals surface area contributed by atoms with Crippen molar-refractivity contribution in [2.75, 3.05) is 33.9 Å². The second-order valence-electron chi connectivity index (χ2n) is 4.15. The van der Waals surface area contributed by atoms with Gasteiger partial charge in [-0.25, -0.2) is 4.79 Å². The van der Waals surface area contributed by atoms with Crippen molar-refractivity contribution in [1.29, 1.82) is 0 Å². The van der Waals surface area contributed by atoms with Gasteiger partial charge in [0.25, 0.3) is 0 Å². The van der Waals surface area contributed by atoms with Crippen LogP contribution in [0.25, 0.3) is 0 Å². The molecule has 2 rings (SSSR count). The lowest BCUT2D eigenvalue weighted by molar-refractivity contribution is 0.158. The van der Waals surface area contributed by atoms with Crippen molar-refractivity contribution in [3.05, 3.63) is 22.2 Å². The van der Waals surface area contributed by atoms with E-state index in [4.69, 9.17) is 14.2 Å². The third-order valence-electron chi connectivity index (χ3n) is 3.05. The summed E-state index contributed by atoms with van der Waals surface area (Å²) >= 11 is 3.51. The quantitative estimate of drug-likeness (QED) is 0.832. The van der Waals surface area contributed by atoms with Gasteiger partial charge in [-0.3, -0.25) is 0 Å². The molecule has 0 atom stereocenters. The van der Waals surface area contributed by atoms with Gasteiger partial charge in [-0.2, -0.15) is 0 Å². The standard InChI is InChI=1S/C13H16BrNO4/c1-17-11-7-9(10(14)8-12(11)18-2)3-4-15-5-6-19-13(15)16/h7-8H,3-6H2,1-2H3. The van der Waals surface area contributed by atoms with Crippen molar-refractivity contribution in [3.63, 3.8) is 0 Å². The molecule has 1 fully saturated rings. The van der Waals surface area contributed by atoms with Crippen LogP contribution < -0.4 is 9.47 Å². The number of ether oxygens (including phenoxy) is 3. The molecule has 0 aliphatic carbocycles. The van der Waals surface area contributed by atoms with Gasteiger partial charge in [0.2, 0.25) is 0 Å². The zero-order valence-corrected chi connectivity index (χ0v) is 12.5. The molecular weight excluding hydrogens is 314 g/mol. The highest BCUT2D eigenvalue weighted by Crippen LogP contribution is 2.33. The Hall–Kier alpha value is -1.43. The van der Waals surface area contributed by atoms with E-state index in [2.05, 4.69) is 15.9 Å². The van der Waals surface area contributed by atoms with E-state index >= 15 is 0 Å². The van der Waals surface area contributed by atoms with Crippen LogP contribution in [0.1, 0.15) is 5.56 Å². The maximum atomic E-state index is 11.4. The molecule has 1 aliphatic rings. The molecule has 0 aromatic heterocycles. The van der Waals surface area contributed by atoms with Crippen molar-refractivity contribution in [2.45, 2.75) is 6.42 Å². The second kappa shape index (κ2) is 6.14. The second-order valence-corrected chi connectivity index (χ2v) is 5.00. The normalized spacial score (nSPS) is 14.5.